The molecule has 0 bridgehead atoms. The Labute approximate surface area is 186 Å². The molecule has 32 heavy (non-hydrogen) atoms. The van der Waals surface area contributed by atoms with Crippen molar-refractivity contribution in [2.45, 2.75) is 70.8 Å². The Hall–Kier alpha value is -2.28. The first kappa shape index (κ1) is 22.9. The lowest BCUT2D eigenvalue weighted by Crippen LogP contribution is -2.47. The van der Waals surface area contributed by atoms with Gasteiger partial charge in [0.1, 0.15) is 17.4 Å². The molecule has 4 nitrogen and oxygen atoms in total. The van der Waals surface area contributed by atoms with E-state index in [2.05, 4.69) is 20.8 Å². The number of hydrogen-bond donors (Lipinski definition) is 1. The molecule has 7 heteroatoms. The van der Waals surface area contributed by atoms with Crippen molar-refractivity contribution in [2.24, 2.45) is 17.1 Å². The first-order valence-electron chi connectivity index (χ1n) is 11.2. The average molecular weight is 450 g/mol. The van der Waals surface area contributed by atoms with Gasteiger partial charge in [-0.2, -0.15) is 13.2 Å². The van der Waals surface area contributed by atoms with Crippen LogP contribution in [0.25, 0.3) is 10.8 Å². The van der Waals surface area contributed by atoms with Gasteiger partial charge in [-0.05, 0) is 59.4 Å². The van der Waals surface area contributed by atoms with Crippen molar-refractivity contribution in [1.29, 1.82) is 0 Å². The molecule has 2 fully saturated rings. The number of carbonyl (C=O) groups is 1. The standard InChI is InChI=1S/C25H30F3NO3/c1-24(2,3)16-6-8-17(9-7-16)32-20-11-5-14-12-15(19-13-31-22(19)23(29)30)4-10-18(14)21(20)25(26,27)28/h4-5,10-12,16-17,19,22H,6-9,13H2,1-3H3,(H2,29,30). The van der Waals surface area contributed by atoms with Gasteiger partial charge in [-0.15, -0.1) is 0 Å². The highest BCUT2D eigenvalue weighted by molar-refractivity contribution is 5.89. The van der Waals surface area contributed by atoms with Gasteiger partial charge in [0.15, 0.2) is 0 Å². The molecule has 1 aliphatic heterocycles. The largest absolute Gasteiger partial charge is 0.490 e. The maximum absolute atomic E-state index is 14.1. The highest BCUT2D eigenvalue weighted by Crippen LogP contribution is 2.44. The number of benzene rings is 2. The molecule has 0 spiro atoms. The van der Waals surface area contributed by atoms with E-state index in [9.17, 15) is 18.0 Å². The quantitative estimate of drug-likeness (QED) is 0.641. The van der Waals surface area contributed by atoms with Crippen LogP contribution >= 0.6 is 0 Å². The summed E-state index contributed by atoms with van der Waals surface area (Å²) < 4.78 is 53.4. The predicted molar refractivity (Wildman–Crippen MR) is 116 cm³/mol. The number of primary amides is 1. The third-order valence-electron chi connectivity index (χ3n) is 7.01. The van der Waals surface area contributed by atoms with Gasteiger partial charge in [0, 0.05) is 5.92 Å². The SMILES string of the molecule is CC(C)(C)C1CCC(Oc2ccc3cc(C4COC4C(N)=O)ccc3c2C(F)(F)F)CC1. The van der Waals surface area contributed by atoms with Crippen molar-refractivity contribution in [2.75, 3.05) is 6.61 Å². The van der Waals surface area contributed by atoms with Crippen LogP contribution < -0.4 is 10.5 Å². The fourth-order valence-electron chi connectivity index (χ4n) is 5.02. The van der Waals surface area contributed by atoms with Crippen LogP contribution in [-0.2, 0) is 15.7 Å². The second kappa shape index (κ2) is 8.25. The van der Waals surface area contributed by atoms with E-state index in [1.807, 2.05) is 0 Å². The molecular weight excluding hydrogens is 419 g/mol. The van der Waals surface area contributed by atoms with E-state index in [-0.39, 0.29) is 28.6 Å². The number of nitrogens with two attached hydrogens (primary N) is 1. The first-order chi connectivity index (χ1) is 14.9. The van der Waals surface area contributed by atoms with Gasteiger partial charge in [-0.25, -0.2) is 0 Å². The summed E-state index contributed by atoms with van der Waals surface area (Å²) in [6.45, 7) is 6.95. The van der Waals surface area contributed by atoms with Gasteiger partial charge in [0.2, 0.25) is 5.91 Å². The number of ether oxygens (including phenoxy) is 2. The lowest BCUT2D eigenvalue weighted by Gasteiger charge is -2.37. The monoisotopic (exact) mass is 449 g/mol. The zero-order valence-electron chi connectivity index (χ0n) is 18.7. The highest BCUT2D eigenvalue weighted by Gasteiger charge is 2.40. The van der Waals surface area contributed by atoms with Gasteiger partial charge >= 0.3 is 6.18 Å². The Kier molecular flexibility index (Phi) is 5.90. The minimum absolute atomic E-state index is 0.0954. The topological polar surface area (TPSA) is 61.6 Å². The number of rotatable bonds is 4. The Bertz CT molecular complexity index is 1000. The van der Waals surface area contributed by atoms with Crippen molar-refractivity contribution < 1.29 is 27.4 Å². The van der Waals surface area contributed by atoms with Crippen LogP contribution in [0.1, 0.15) is 63.5 Å². The highest BCUT2D eigenvalue weighted by atomic mass is 19.4. The van der Waals surface area contributed by atoms with Gasteiger partial charge in [0.25, 0.3) is 0 Å². The zero-order chi connectivity index (χ0) is 23.3. The maximum Gasteiger partial charge on any atom is 0.420 e. The normalized spacial score (nSPS) is 26.6. The predicted octanol–water partition coefficient (Wildman–Crippen LogP) is 5.81. The number of alkyl halides is 3. The molecule has 2 aromatic carbocycles. The summed E-state index contributed by atoms with van der Waals surface area (Å²) in [6, 6.07) is 7.86. The number of fused-ring (bicyclic) bond motifs is 1. The van der Waals surface area contributed by atoms with E-state index in [0.29, 0.717) is 17.9 Å². The first-order valence-corrected chi connectivity index (χ1v) is 11.2. The number of hydrogen-bond acceptors (Lipinski definition) is 3. The lowest BCUT2D eigenvalue weighted by atomic mass is 9.72. The van der Waals surface area contributed by atoms with Crippen LogP contribution in [0.15, 0.2) is 30.3 Å². The lowest BCUT2D eigenvalue weighted by molar-refractivity contribution is -0.146. The van der Waals surface area contributed by atoms with Crippen LogP contribution in [0, 0.1) is 11.3 Å². The van der Waals surface area contributed by atoms with Crippen LogP contribution in [0.3, 0.4) is 0 Å². The molecule has 1 amide bonds. The molecule has 2 N–H and O–H groups in total. The van der Waals surface area contributed by atoms with E-state index in [0.717, 1.165) is 31.2 Å². The second-order valence-electron chi connectivity index (χ2n) is 10.1. The number of carbonyl (C=O) groups excluding carboxylic acids is 1. The fourth-order valence-corrected chi connectivity index (χ4v) is 5.02. The molecule has 1 heterocycles. The average Bonchev–Trinajstić information content (AvgIpc) is 2.65. The molecular formula is C25H30F3NO3. The van der Waals surface area contributed by atoms with Crippen molar-refractivity contribution in [3.05, 3.63) is 41.5 Å². The third kappa shape index (κ3) is 4.45. The summed E-state index contributed by atoms with van der Waals surface area (Å²) in [6.07, 6.45) is -2.07. The van der Waals surface area contributed by atoms with Crippen molar-refractivity contribution in [3.8, 4) is 5.75 Å². The molecule has 1 saturated heterocycles. The van der Waals surface area contributed by atoms with Crippen LogP contribution in [0.5, 0.6) is 5.75 Å². The summed E-state index contributed by atoms with van der Waals surface area (Å²) >= 11 is 0. The fraction of sp³-hybridized carbons (Fsp3) is 0.560. The van der Waals surface area contributed by atoms with Crippen molar-refractivity contribution in [1.82, 2.24) is 0 Å². The molecule has 2 aromatic rings. The van der Waals surface area contributed by atoms with Crippen LogP contribution in [0.4, 0.5) is 13.2 Å². The molecule has 2 atom stereocenters. The van der Waals surface area contributed by atoms with E-state index in [4.69, 9.17) is 15.2 Å². The summed E-state index contributed by atoms with van der Waals surface area (Å²) in [5.74, 6) is -0.361. The van der Waals surface area contributed by atoms with E-state index >= 15 is 0 Å². The molecule has 2 aliphatic rings. The van der Waals surface area contributed by atoms with Gasteiger partial charge < -0.3 is 15.2 Å². The minimum Gasteiger partial charge on any atom is -0.490 e. The van der Waals surface area contributed by atoms with Gasteiger partial charge in [-0.3, -0.25) is 4.79 Å². The second-order valence-corrected chi connectivity index (χ2v) is 10.1. The maximum atomic E-state index is 14.1. The molecule has 1 saturated carbocycles. The molecule has 0 aromatic heterocycles. The molecule has 1 aliphatic carbocycles. The summed E-state index contributed by atoms with van der Waals surface area (Å²) in [4.78, 5) is 11.5. The Morgan fingerprint density at radius 1 is 1.06 bits per heavy atom. The molecule has 2 unspecified atom stereocenters. The van der Waals surface area contributed by atoms with Crippen molar-refractivity contribution >= 4 is 16.7 Å². The van der Waals surface area contributed by atoms with Gasteiger partial charge in [0.05, 0.1) is 12.7 Å². The molecule has 4 rings (SSSR count). The summed E-state index contributed by atoms with van der Waals surface area (Å²) in [5, 5.41) is 0.548. The Morgan fingerprint density at radius 2 is 1.75 bits per heavy atom. The molecule has 174 valence electrons. The zero-order valence-corrected chi connectivity index (χ0v) is 18.7. The minimum atomic E-state index is -4.55. The van der Waals surface area contributed by atoms with E-state index in [1.54, 1.807) is 18.2 Å². The summed E-state index contributed by atoms with van der Waals surface area (Å²) in [7, 11) is 0. The van der Waals surface area contributed by atoms with Gasteiger partial charge in [-0.1, -0.05) is 45.0 Å². The Morgan fingerprint density at radius 3 is 2.28 bits per heavy atom. The smallest absolute Gasteiger partial charge is 0.420 e. The third-order valence-corrected chi connectivity index (χ3v) is 7.01. The van der Waals surface area contributed by atoms with Crippen LogP contribution in [0.2, 0.25) is 0 Å². The van der Waals surface area contributed by atoms with E-state index < -0.39 is 23.8 Å². The summed E-state index contributed by atoms with van der Waals surface area (Å²) in [5.41, 5.74) is 5.53. The van der Waals surface area contributed by atoms with Crippen LogP contribution in [-0.4, -0.2) is 24.7 Å². The van der Waals surface area contributed by atoms with E-state index in [1.165, 1.54) is 12.1 Å². The van der Waals surface area contributed by atoms with Crippen molar-refractivity contribution in [3.63, 3.8) is 0 Å². The number of amides is 1. The Balaban J connectivity index is 1.61. The molecule has 0 radical (unpaired) electrons. The number of halogens is 3.